The fraction of sp³-hybridized carbons (Fsp3) is 0.625. The van der Waals surface area contributed by atoms with Crippen molar-refractivity contribution < 1.29 is 4.92 Å². The van der Waals surface area contributed by atoms with Crippen LogP contribution in [0.25, 0.3) is 0 Å². The van der Waals surface area contributed by atoms with Gasteiger partial charge in [0.05, 0.1) is 4.92 Å². The molecule has 0 saturated carbocycles. The Morgan fingerprint density at radius 3 is 2.58 bits per heavy atom. The Morgan fingerprint density at radius 2 is 2.04 bits per heavy atom. The van der Waals surface area contributed by atoms with Crippen LogP contribution in [0.1, 0.15) is 19.5 Å². The lowest BCUT2D eigenvalue weighted by molar-refractivity contribution is -0.385. The number of likely N-dealkylation sites (N-methyl/N-ethyl adjacent to an activating group) is 1. The molecule has 8 nitrogen and oxygen atoms in total. The van der Waals surface area contributed by atoms with Gasteiger partial charge in [-0.05, 0) is 19.0 Å². The van der Waals surface area contributed by atoms with Crippen molar-refractivity contribution in [3.63, 3.8) is 0 Å². The third-order valence-electron chi connectivity index (χ3n) is 4.45. The third-order valence-corrected chi connectivity index (χ3v) is 4.45. The Hall–Kier alpha value is -2.24. The fourth-order valence-electron chi connectivity index (χ4n) is 2.93. The molecule has 0 aliphatic carbocycles. The molecule has 0 spiro atoms. The molecule has 1 aliphatic heterocycles. The summed E-state index contributed by atoms with van der Waals surface area (Å²) in [6, 6.07) is 5.02. The maximum absolute atomic E-state index is 10.9. The lowest BCUT2D eigenvalue weighted by Crippen LogP contribution is -2.52. The van der Waals surface area contributed by atoms with Crippen LogP contribution in [0.15, 0.2) is 12.1 Å². The van der Waals surface area contributed by atoms with Crippen molar-refractivity contribution in [3.8, 4) is 6.07 Å². The summed E-state index contributed by atoms with van der Waals surface area (Å²) in [5, 5.41) is 23.1. The summed E-state index contributed by atoms with van der Waals surface area (Å²) >= 11 is 0. The van der Waals surface area contributed by atoms with Crippen LogP contribution in [0, 0.1) is 27.4 Å². The van der Waals surface area contributed by atoms with Gasteiger partial charge in [0, 0.05) is 44.8 Å². The van der Waals surface area contributed by atoms with Crippen molar-refractivity contribution in [2.75, 3.05) is 45.1 Å². The first kappa shape index (κ1) is 18.1. The Kier molecular flexibility index (Phi) is 6.06. The Balaban J connectivity index is 2.04. The topological polar surface area (TPSA) is 98.3 Å². The molecule has 130 valence electrons. The molecule has 1 fully saturated rings. The molecule has 1 saturated heterocycles. The summed E-state index contributed by atoms with van der Waals surface area (Å²) in [6.07, 6.45) is 0. The number of nitrogens with one attached hydrogen (secondary N) is 1. The lowest BCUT2D eigenvalue weighted by Gasteiger charge is -2.40. The van der Waals surface area contributed by atoms with Gasteiger partial charge in [-0.1, -0.05) is 13.8 Å². The van der Waals surface area contributed by atoms with Gasteiger partial charge in [0.25, 0.3) is 0 Å². The number of hydrogen-bond donors (Lipinski definition) is 1. The van der Waals surface area contributed by atoms with Crippen LogP contribution >= 0.6 is 0 Å². The number of rotatable bonds is 6. The summed E-state index contributed by atoms with van der Waals surface area (Å²) in [5.41, 5.74) is -0.423. The van der Waals surface area contributed by atoms with Gasteiger partial charge in [-0.25, -0.2) is 4.98 Å². The monoisotopic (exact) mass is 332 g/mol. The van der Waals surface area contributed by atoms with Crippen LogP contribution in [-0.4, -0.2) is 65.5 Å². The standard InChI is InChI=1S/C16H24N6O2/c1-12(2)15(21-8-6-20(3)7-9-21)11-18-16-5-4-14(22(23)24)13(10-17)19-16/h4-5,12,15H,6-9,11H2,1-3H3,(H,18,19). The molecule has 1 atom stereocenters. The molecule has 24 heavy (non-hydrogen) atoms. The molecule has 1 aliphatic rings. The average Bonchev–Trinajstić information content (AvgIpc) is 2.56. The number of nitrogens with zero attached hydrogens (tertiary/aromatic N) is 5. The molecular weight excluding hydrogens is 308 g/mol. The van der Waals surface area contributed by atoms with E-state index >= 15 is 0 Å². The summed E-state index contributed by atoms with van der Waals surface area (Å²) in [6.45, 7) is 9.23. The van der Waals surface area contributed by atoms with E-state index < -0.39 is 4.92 Å². The highest BCUT2D eigenvalue weighted by Crippen LogP contribution is 2.19. The highest BCUT2D eigenvalue weighted by Gasteiger charge is 2.25. The van der Waals surface area contributed by atoms with Gasteiger partial charge in [0.15, 0.2) is 0 Å². The van der Waals surface area contributed by atoms with Gasteiger partial charge >= 0.3 is 5.69 Å². The van der Waals surface area contributed by atoms with E-state index in [0.717, 1.165) is 26.2 Å². The normalized spacial score (nSPS) is 17.5. The van der Waals surface area contributed by atoms with E-state index in [2.05, 4.69) is 41.0 Å². The van der Waals surface area contributed by atoms with Gasteiger partial charge in [0.2, 0.25) is 5.69 Å². The molecule has 0 aromatic carbocycles. The summed E-state index contributed by atoms with van der Waals surface area (Å²) in [7, 11) is 2.13. The quantitative estimate of drug-likeness (QED) is 0.623. The van der Waals surface area contributed by atoms with Crippen LogP contribution in [0.5, 0.6) is 0 Å². The number of hydrogen-bond acceptors (Lipinski definition) is 7. The van der Waals surface area contributed by atoms with E-state index in [1.54, 1.807) is 12.1 Å². The zero-order chi connectivity index (χ0) is 17.7. The molecule has 0 amide bonds. The van der Waals surface area contributed by atoms with Crippen molar-refractivity contribution in [2.45, 2.75) is 19.9 Å². The first-order valence-corrected chi connectivity index (χ1v) is 8.14. The molecule has 2 heterocycles. The second-order valence-electron chi connectivity index (χ2n) is 6.46. The fourth-order valence-corrected chi connectivity index (χ4v) is 2.93. The minimum Gasteiger partial charge on any atom is -0.368 e. The van der Waals surface area contributed by atoms with Gasteiger partial charge < -0.3 is 10.2 Å². The number of aromatic nitrogens is 1. The van der Waals surface area contributed by atoms with Crippen molar-refractivity contribution in [2.24, 2.45) is 5.92 Å². The van der Waals surface area contributed by atoms with Crippen molar-refractivity contribution >= 4 is 11.5 Å². The number of pyridine rings is 1. The number of anilines is 1. The van der Waals surface area contributed by atoms with Crippen LogP contribution in [0.2, 0.25) is 0 Å². The van der Waals surface area contributed by atoms with E-state index in [-0.39, 0.29) is 11.4 Å². The molecule has 0 bridgehead atoms. The van der Waals surface area contributed by atoms with Crippen molar-refractivity contribution in [1.82, 2.24) is 14.8 Å². The van der Waals surface area contributed by atoms with E-state index in [4.69, 9.17) is 5.26 Å². The first-order chi connectivity index (χ1) is 11.4. The SMILES string of the molecule is CC(C)C(CNc1ccc([N+](=O)[O-])c(C#N)n1)N1CCN(C)CC1. The summed E-state index contributed by atoms with van der Waals surface area (Å²) < 4.78 is 0. The largest absolute Gasteiger partial charge is 0.368 e. The van der Waals surface area contributed by atoms with Gasteiger partial charge in [-0.2, -0.15) is 5.26 Å². The Bertz CT molecular complexity index is 619. The minimum atomic E-state index is -0.587. The van der Waals surface area contributed by atoms with E-state index in [0.29, 0.717) is 24.3 Å². The Morgan fingerprint density at radius 1 is 1.38 bits per heavy atom. The molecule has 1 aromatic rings. The van der Waals surface area contributed by atoms with Gasteiger partial charge in [0.1, 0.15) is 11.9 Å². The molecule has 1 N–H and O–H groups in total. The third kappa shape index (κ3) is 4.40. The van der Waals surface area contributed by atoms with Gasteiger partial charge in [-0.3, -0.25) is 15.0 Å². The zero-order valence-corrected chi connectivity index (χ0v) is 14.4. The molecule has 8 heteroatoms. The van der Waals surface area contributed by atoms with Crippen molar-refractivity contribution in [1.29, 1.82) is 5.26 Å². The maximum Gasteiger partial charge on any atom is 0.305 e. The van der Waals surface area contributed by atoms with Crippen molar-refractivity contribution in [3.05, 3.63) is 27.9 Å². The predicted octanol–water partition coefficient (Wildman–Crippen LogP) is 1.55. The molecule has 1 aromatic heterocycles. The molecule has 1 unspecified atom stereocenters. The smallest absolute Gasteiger partial charge is 0.305 e. The van der Waals surface area contributed by atoms with Gasteiger partial charge in [-0.15, -0.1) is 0 Å². The minimum absolute atomic E-state index is 0.161. The summed E-state index contributed by atoms with van der Waals surface area (Å²) in [4.78, 5) is 19.1. The first-order valence-electron chi connectivity index (χ1n) is 8.14. The Labute approximate surface area is 142 Å². The maximum atomic E-state index is 10.9. The molecular formula is C16H24N6O2. The predicted molar refractivity (Wildman–Crippen MR) is 91.8 cm³/mol. The van der Waals surface area contributed by atoms with E-state index in [9.17, 15) is 10.1 Å². The van der Waals surface area contributed by atoms with Crippen LogP contribution < -0.4 is 5.32 Å². The van der Waals surface area contributed by atoms with Crippen LogP contribution in [0.4, 0.5) is 11.5 Å². The second-order valence-corrected chi connectivity index (χ2v) is 6.46. The summed E-state index contributed by atoms with van der Waals surface area (Å²) in [5.74, 6) is 0.964. The highest BCUT2D eigenvalue weighted by atomic mass is 16.6. The van der Waals surface area contributed by atoms with E-state index in [1.807, 2.05) is 0 Å². The highest BCUT2D eigenvalue weighted by molar-refractivity contribution is 5.50. The van der Waals surface area contributed by atoms with Crippen LogP contribution in [0.3, 0.4) is 0 Å². The number of nitriles is 1. The van der Waals surface area contributed by atoms with Crippen LogP contribution in [-0.2, 0) is 0 Å². The van der Waals surface area contributed by atoms with E-state index in [1.165, 1.54) is 6.07 Å². The number of nitro groups is 1. The second kappa shape index (κ2) is 8.04. The molecule has 0 radical (unpaired) electrons. The zero-order valence-electron chi connectivity index (χ0n) is 14.4. The molecule has 2 rings (SSSR count). The lowest BCUT2D eigenvalue weighted by atomic mass is 10.0. The number of piperazine rings is 1. The average molecular weight is 332 g/mol.